The molecule has 1 fully saturated rings. The second-order valence-electron chi connectivity index (χ2n) is 4.68. The quantitative estimate of drug-likeness (QED) is 0.768. The minimum atomic E-state index is 0. The third-order valence-electron chi connectivity index (χ3n) is 3.52. The Hall–Kier alpha value is -1.07. The van der Waals surface area contributed by atoms with Crippen molar-refractivity contribution in [3.8, 4) is 0 Å². The topological polar surface area (TPSA) is 75.0 Å². The van der Waals surface area contributed by atoms with Gasteiger partial charge in [-0.1, -0.05) is 0 Å². The second kappa shape index (κ2) is 4.66. The van der Waals surface area contributed by atoms with Crippen molar-refractivity contribution in [2.45, 2.75) is 31.7 Å². The predicted molar refractivity (Wildman–Crippen MR) is 66.4 cm³/mol. The number of rotatable bonds is 1. The molecule has 1 aromatic heterocycles. The summed E-state index contributed by atoms with van der Waals surface area (Å²) in [6.45, 7) is 1.43. The van der Waals surface area contributed by atoms with E-state index in [1.807, 2.05) is 4.90 Å². The van der Waals surface area contributed by atoms with Crippen LogP contribution in [0.1, 0.15) is 34.6 Å². The Morgan fingerprint density at radius 3 is 3.00 bits per heavy atom. The number of halogens is 1. The molecule has 1 atom stereocenters. The molecule has 1 aliphatic heterocycles. The highest BCUT2D eigenvalue weighted by atomic mass is 35.5. The number of aryl methyl sites for hydroxylation is 1. The average molecular weight is 257 g/mol. The lowest BCUT2D eigenvalue weighted by Crippen LogP contribution is -2.32. The van der Waals surface area contributed by atoms with E-state index < -0.39 is 0 Å². The fraction of sp³-hybridized carbons (Fsp3) is 0.636. The van der Waals surface area contributed by atoms with E-state index in [0.717, 1.165) is 43.5 Å². The number of carbonyl (C=O) groups is 1. The van der Waals surface area contributed by atoms with Crippen molar-refractivity contribution in [1.29, 1.82) is 0 Å². The third kappa shape index (κ3) is 2.05. The summed E-state index contributed by atoms with van der Waals surface area (Å²) < 4.78 is 0. The minimum Gasteiger partial charge on any atom is -0.336 e. The maximum Gasteiger partial charge on any atom is 0.274 e. The Kier molecular flexibility index (Phi) is 3.40. The van der Waals surface area contributed by atoms with Crippen LogP contribution in [0, 0.1) is 0 Å². The molecular weight excluding hydrogens is 240 g/mol. The van der Waals surface area contributed by atoms with Crippen molar-refractivity contribution < 1.29 is 4.79 Å². The molecule has 94 valence electrons. The Morgan fingerprint density at radius 1 is 1.47 bits per heavy atom. The molecular formula is C11H17ClN4O. The molecule has 1 aromatic rings. The van der Waals surface area contributed by atoms with E-state index in [4.69, 9.17) is 5.73 Å². The average Bonchev–Trinajstić information content (AvgIpc) is 2.90. The highest BCUT2D eigenvalue weighted by Gasteiger charge is 2.30. The van der Waals surface area contributed by atoms with E-state index in [1.54, 1.807) is 0 Å². The van der Waals surface area contributed by atoms with Gasteiger partial charge in [-0.25, -0.2) is 0 Å². The van der Waals surface area contributed by atoms with Crippen molar-refractivity contribution >= 4 is 18.3 Å². The number of aromatic nitrogens is 2. The number of carbonyl (C=O) groups excluding carboxylic acids is 1. The van der Waals surface area contributed by atoms with Gasteiger partial charge in [0.1, 0.15) is 0 Å². The van der Waals surface area contributed by atoms with Crippen LogP contribution in [0.5, 0.6) is 0 Å². The first kappa shape index (κ1) is 12.4. The van der Waals surface area contributed by atoms with Gasteiger partial charge in [0, 0.05) is 30.4 Å². The van der Waals surface area contributed by atoms with Crippen LogP contribution in [0.3, 0.4) is 0 Å². The summed E-state index contributed by atoms with van der Waals surface area (Å²) in [7, 11) is 0. The summed E-state index contributed by atoms with van der Waals surface area (Å²) in [5, 5.41) is 7.12. The van der Waals surface area contributed by atoms with Crippen molar-refractivity contribution in [2.75, 3.05) is 13.1 Å². The second-order valence-corrected chi connectivity index (χ2v) is 4.68. The molecule has 0 aromatic carbocycles. The maximum absolute atomic E-state index is 12.2. The standard InChI is InChI=1S/C11H16N4O.ClH/c12-7-4-5-15(6-7)11(16)10-8-2-1-3-9(8)13-14-10;/h7H,1-6,12H2,(H,13,14);1H/t7-;/m1./s1. The molecule has 5 nitrogen and oxygen atoms in total. The largest absolute Gasteiger partial charge is 0.336 e. The Bertz CT molecular complexity index is 431. The number of nitrogens with one attached hydrogen (secondary N) is 1. The zero-order valence-corrected chi connectivity index (χ0v) is 10.4. The SMILES string of the molecule is Cl.N[C@@H]1CCN(C(=O)c2n[nH]c3c2CCC3)C1. The van der Waals surface area contributed by atoms with E-state index >= 15 is 0 Å². The number of amides is 1. The maximum atomic E-state index is 12.2. The molecule has 0 saturated carbocycles. The number of nitrogens with two attached hydrogens (primary N) is 1. The summed E-state index contributed by atoms with van der Waals surface area (Å²) >= 11 is 0. The first-order chi connectivity index (χ1) is 7.75. The fourth-order valence-corrected chi connectivity index (χ4v) is 2.62. The Labute approximate surface area is 106 Å². The van der Waals surface area contributed by atoms with Gasteiger partial charge >= 0.3 is 0 Å². The van der Waals surface area contributed by atoms with Crippen molar-refractivity contribution in [2.24, 2.45) is 5.73 Å². The predicted octanol–water partition coefficient (Wildman–Crippen LogP) is 0.493. The van der Waals surface area contributed by atoms with E-state index in [2.05, 4.69) is 10.2 Å². The summed E-state index contributed by atoms with van der Waals surface area (Å²) in [4.78, 5) is 14.0. The molecule has 3 rings (SSSR count). The molecule has 1 aliphatic carbocycles. The lowest BCUT2D eigenvalue weighted by Gasteiger charge is -2.14. The number of hydrogen-bond donors (Lipinski definition) is 2. The van der Waals surface area contributed by atoms with E-state index in [0.29, 0.717) is 12.2 Å². The highest BCUT2D eigenvalue weighted by Crippen LogP contribution is 2.24. The lowest BCUT2D eigenvalue weighted by molar-refractivity contribution is 0.0784. The first-order valence-corrected chi connectivity index (χ1v) is 5.86. The number of fused-ring (bicyclic) bond motifs is 1. The van der Waals surface area contributed by atoms with Crippen LogP contribution in [0.15, 0.2) is 0 Å². The molecule has 1 saturated heterocycles. The van der Waals surface area contributed by atoms with Gasteiger partial charge in [0.25, 0.3) is 5.91 Å². The summed E-state index contributed by atoms with van der Waals surface area (Å²) in [6, 6.07) is 0.135. The summed E-state index contributed by atoms with van der Waals surface area (Å²) in [5.74, 6) is 0.0485. The minimum absolute atomic E-state index is 0. The van der Waals surface area contributed by atoms with Gasteiger partial charge in [0.05, 0.1) is 0 Å². The molecule has 2 heterocycles. The van der Waals surface area contributed by atoms with Gasteiger partial charge in [0.2, 0.25) is 0 Å². The molecule has 0 unspecified atom stereocenters. The van der Waals surface area contributed by atoms with E-state index in [9.17, 15) is 4.79 Å². The molecule has 1 amide bonds. The lowest BCUT2D eigenvalue weighted by atomic mass is 10.2. The van der Waals surface area contributed by atoms with Crippen LogP contribution in [0.2, 0.25) is 0 Å². The smallest absolute Gasteiger partial charge is 0.274 e. The van der Waals surface area contributed by atoms with Crippen LogP contribution in [0.4, 0.5) is 0 Å². The fourth-order valence-electron chi connectivity index (χ4n) is 2.62. The van der Waals surface area contributed by atoms with Gasteiger partial charge in [-0.15, -0.1) is 12.4 Å². The van der Waals surface area contributed by atoms with Crippen molar-refractivity contribution in [1.82, 2.24) is 15.1 Å². The molecule has 6 heteroatoms. The molecule has 0 spiro atoms. The van der Waals surface area contributed by atoms with Gasteiger partial charge in [-0.2, -0.15) is 5.10 Å². The molecule has 17 heavy (non-hydrogen) atoms. The third-order valence-corrected chi connectivity index (χ3v) is 3.52. The summed E-state index contributed by atoms with van der Waals surface area (Å²) in [6.07, 6.45) is 4.03. The van der Waals surface area contributed by atoms with Gasteiger partial charge in [-0.3, -0.25) is 9.89 Å². The van der Waals surface area contributed by atoms with Crippen molar-refractivity contribution in [3.05, 3.63) is 17.0 Å². The number of hydrogen-bond acceptors (Lipinski definition) is 3. The van der Waals surface area contributed by atoms with E-state index in [1.165, 1.54) is 0 Å². The van der Waals surface area contributed by atoms with Crippen molar-refractivity contribution in [3.63, 3.8) is 0 Å². The summed E-state index contributed by atoms with van der Waals surface area (Å²) in [5.41, 5.74) is 8.71. The first-order valence-electron chi connectivity index (χ1n) is 5.86. The van der Waals surface area contributed by atoms with Gasteiger partial charge in [-0.05, 0) is 25.7 Å². The number of likely N-dealkylation sites (tertiary alicyclic amines) is 1. The Morgan fingerprint density at radius 2 is 2.29 bits per heavy atom. The van der Waals surface area contributed by atoms with Crippen LogP contribution >= 0.6 is 12.4 Å². The molecule has 2 aliphatic rings. The number of H-pyrrole nitrogens is 1. The van der Waals surface area contributed by atoms with Crippen LogP contribution in [-0.2, 0) is 12.8 Å². The van der Waals surface area contributed by atoms with Gasteiger partial charge in [0.15, 0.2) is 5.69 Å². The monoisotopic (exact) mass is 256 g/mol. The normalized spacial score (nSPS) is 22.4. The van der Waals surface area contributed by atoms with Crippen LogP contribution < -0.4 is 5.73 Å². The molecule has 3 N–H and O–H groups in total. The van der Waals surface area contributed by atoms with Crippen LogP contribution in [0.25, 0.3) is 0 Å². The zero-order valence-electron chi connectivity index (χ0n) is 9.61. The van der Waals surface area contributed by atoms with Crippen LogP contribution in [-0.4, -0.2) is 40.1 Å². The number of nitrogens with zero attached hydrogens (tertiary/aromatic N) is 2. The molecule has 0 radical (unpaired) electrons. The molecule has 0 bridgehead atoms. The van der Waals surface area contributed by atoms with E-state index in [-0.39, 0.29) is 24.4 Å². The highest BCUT2D eigenvalue weighted by molar-refractivity contribution is 5.94. The Balaban J connectivity index is 0.00000108. The van der Waals surface area contributed by atoms with Gasteiger partial charge < -0.3 is 10.6 Å². The number of aromatic amines is 1. The zero-order chi connectivity index (χ0) is 11.1.